The fourth-order valence-corrected chi connectivity index (χ4v) is 2.94. The first-order valence-corrected chi connectivity index (χ1v) is 8.01. The summed E-state index contributed by atoms with van der Waals surface area (Å²) < 4.78 is 4.60. The van der Waals surface area contributed by atoms with Crippen molar-refractivity contribution < 1.29 is 19.2 Å². The zero-order valence-electron chi connectivity index (χ0n) is 14.0. The van der Waals surface area contributed by atoms with Gasteiger partial charge in [0.15, 0.2) is 0 Å². The van der Waals surface area contributed by atoms with Crippen molar-refractivity contribution in [3.05, 3.63) is 64.2 Å². The summed E-state index contributed by atoms with van der Waals surface area (Å²) in [6.07, 6.45) is 0.582. The zero-order chi connectivity index (χ0) is 18.7. The smallest absolute Gasteiger partial charge is 0.344 e. The molecule has 0 spiro atoms. The summed E-state index contributed by atoms with van der Waals surface area (Å²) in [5.41, 5.74) is 0.768. The van der Waals surface area contributed by atoms with Crippen LogP contribution in [0.1, 0.15) is 16.8 Å². The van der Waals surface area contributed by atoms with Crippen molar-refractivity contribution in [3.63, 3.8) is 0 Å². The molecule has 0 saturated carbocycles. The number of nitro benzene ring substituents is 1. The van der Waals surface area contributed by atoms with Gasteiger partial charge in [-0.2, -0.15) is 0 Å². The maximum atomic E-state index is 12.6. The molecule has 8 nitrogen and oxygen atoms in total. The zero-order valence-corrected chi connectivity index (χ0v) is 14.0. The number of rotatable bonds is 5. The molecule has 1 atom stereocenters. The van der Waals surface area contributed by atoms with Crippen LogP contribution in [0.25, 0.3) is 0 Å². The van der Waals surface area contributed by atoms with Gasteiger partial charge in [-0.25, -0.2) is 4.79 Å². The van der Waals surface area contributed by atoms with E-state index in [1.165, 1.54) is 18.2 Å². The number of hydrogen-bond acceptors (Lipinski definition) is 6. The van der Waals surface area contributed by atoms with E-state index in [-0.39, 0.29) is 17.2 Å². The number of amides is 1. The molecule has 1 heterocycles. The standard InChI is InChI=1S/C18H17N3O5/c1-26-18(23)14-11-12(7-8-16(14)21(24)25)19-15-9-10-20(17(15)22)13-5-3-2-4-6-13/h2-8,11,15,19H,9-10H2,1H3. The number of esters is 1. The van der Waals surface area contributed by atoms with Gasteiger partial charge >= 0.3 is 5.97 Å². The summed E-state index contributed by atoms with van der Waals surface area (Å²) in [5, 5.41) is 14.1. The minimum atomic E-state index is -0.802. The monoisotopic (exact) mass is 355 g/mol. The molecule has 1 aliphatic rings. The molecule has 1 fully saturated rings. The summed E-state index contributed by atoms with van der Waals surface area (Å²) in [6.45, 7) is 0.567. The van der Waals surface area contributed by atoms with Crippen LogP contribution < -0.4 is 10.2 Å². The van der Waals surface area contributed by atoms with Gasteiger partial charge in [0, 0.05) is 24.0 Å². The van der Waals surface area contributed by atoms with Crippen molar-refractivity contribution >= 4 is 28.9 Å². The molecule has 0 aromatic heterocycles. The predicted molar refractivity (Wildman–Crippen MR) is 95.3 cm³/mol. The number of nitrogens with zero attached hydrogens (tertiary/aromatic N) is 2. The van der Waals surface area contributed by atoms with Gasteiger partial charge in [0.25, 0.3) is 5.69 Å². The molecule has 1 N–H and O–H groups in total. The number of carbonyl (C=O) groups excluding carboxylic acids is 2. The number of benzene rings is 2. The molecule has 1 saturated heterocycles. The number of anilines is 2. The van der Waals surface area contributed by atoms with E-state index in [0.717, 1.165) is 12.8 Å². The lowest BCUT2D eigenvalue weighted by atomic mass is 10.1. The molecule has 2 aromatic carbocycles. The highest BCUT2D eigenvalue weighted by Gasteiger charge is 2.33. The molecule has 8 heteroatoms. The van der Waals surface area contributed by atoms with Crippen LogP contribution >= 0.6 is 0 Å². The third-order valence-corrected chi connectivity index (χ3v) is 4.21. The van der Waals surface area contributed by atoms with E-state index in [9.17, 15) is 19.7 Å². The minimum Gasteiger partial charge on any atom is -0.465 e. The Labute approximate surface area is 149 Å². The van der Waals surface area contributed by atoms with Crippen LogP contribution in [0.4, 0.5) is 17.1 Å². The van der Waals surface area contributed by atoms with Gasteiger partial charge in [0.2, 0.25) is 5.91 Å². The molecule has 26 heavy (non-hydrogen) atoms. The summed E-state index contributed by atoms with van der Waals surface area (Å²) in [7, 11) is 1.16. The molecule has 1 amide bonds. The molecule has 134 valence electrons. The van der Waals surface area contributed by atoms with Gasteiger partial charge in [-0.1, -0.05) is 18.2 Å². The van der Waals surface area contributed by atoms with E-state index in [2.05, 4.69) is 10.1 Å². The lowest BCUT2D eigenvalue weighted by Gasteiger charge is -2.18. The quantitative estimate of drug-likeness (QED) is 0.502. The molecule has 0 aliphatic carbocycles. The number of ether oxygens (including phenoxy) is 1. The summed E-state index contributed by atoms with van der Waals surface area (Å²) in [6, 6.07) is 12.9. The molecule has 0 radical (unpaired) electrons. The highest BCUT2D eigenvalue weighted by atomic mass is 16.6. The van der Waals surface area contributed by atoms with Gasteiger partial charge in [0.05, 0.1) is 12.0 Å². The van der Waals surface area contributed by atoms with Gasteiger partial charge in [0.1, 0.15) is 11.6 Å². The Morgan fingerprint density at radius 1 is 1.27 bits per heavy atom. The first-order chi connectivity index (χ1) is 12.5. The van der Waals surface area contributed by atoms with E-state index in [1.807, 2.05) is 30.3 Å². The Balaban J connectivity index is 1.80. The van der Waals surface area contributed by atoms with Crippen LogP contribution in [0.15, 0.2) is 48.5 Å². The van der Waals surface area contributed by atoms with E-state index in [1.54, 1.807) is 4.90 Å². The number of methoxy groups -OCH3 is 1. The normalized spacial score (nSPS) is 16.4. The van der Waals surface area contributed by atoms with Gasteiger partial charge in [-0.3, -0.25) is 14.9 Å². The number of carbonyl (C=O) groups is 2. The Bertz CT molecular complexity index is 853. The lowest BCUT2D eigenvalue weighted by molar-refractivity contribution is -0.385. The Morgan fingerprint density at radius 3 is 2.65 bits per heavy atom. The maximum Gasteiger partial charge on any atom is 0.344 e. The van der Waals surface area contributed by atoms with Crippen molar-refractivity contribution in [3.8, 4) is 0 Å². The Kier molecular flexibility index (Phi) is 4.83. The molecular formula is C18H17N3O5. The Hall–Kier alpha value is -3.42. The predicted octanol–water partition coefficient (Wildman–Crippen LogP) is 2.60. The second-order valence-corrected chi connectivity index (χ2v) is 5.79. The van der Waals surface area contributed by atoms with E-state index in [4.69, 9.17) is 0 Å². The second kappa shape index (κ2) is 7.22. The Morgan fingerprint density at radius 2 is 2.00 bits per heavy atom. The second-order valence-electron chi connectivity index (χ2n) is 5.79. The molecule has 1 unspecified atom stereocenters. The number of hydrogen-bond donors (Lipinski definition) is 1. The number of nitro groups is 1. The first-order valence-electron chi connectivity index (χ1n) is 8.01. The summed E-state index contributed by atoms with van der Waals surface area (Å²) >= 11 is 0. The van der Waals surface area contributed by atoms with Gasteiger partial charge < -0.3 is 15.0 Å². The van der Waals surface area contributed by atoms with Crippen molar-refractivity contribution in [2.75, 3.05) is 23.9 Å². The van der Waals surface area contributed by atoms with Crippen LogP contribution in [0.3, 0.4) is 0 Å². The van der Waals surface area contributed by atoms with Crippen LogP contribution in [-0.4, -0.2) is 36.5 Å². The molecule has 0 bridgehead atoms. The third-order valence-electron chi connectivity index (χ3n) is 4.21. The number of para-hydroxylation sites is 1. The van der Waals surface area contributed by atoms with E-state index in [0.29, 0.717) is 18.7 Å². The average Bonchev–Trinajstić information content (AvgIpc) is 3.02. The van der Waals surface area contributed by atoms with Crippen molar-refractivity contribution in [1.82, 2.24) is 0 Å². The van der Waals surface area contributed by atoms with E-state index >= 15 is 0 Å². The fraction of sp³-hybridized carbons (Fsp3) is 0.222. The van der Waals surface area contributed by atoms with Crippen LogP contribution in [-0.2, 0) is 9.53 Å². The fourth-order valence-electron chi connectivity index (χ4n) is 2.94. The van der Waals surface area contributed by atoms with Crippen molar-refractivity contribution in [2.24, 2.45) is 0 Å². The number of nitrogens with one attached hydrogen (secondary N) is 1. The molecule has 2 aromatic rings. The maximum absolute atomic E-state index is 12.6. The van der Waals surface area contributed by atoms with Crippen LogP contribution in [0.2, 0.25) is 0 Å². The minimum absolute atomic E-state index is 0.0887. The molecule has 3 rings (SSSR count). The van der Waals surface area contributed by atoms with Crippen LogP contribution in [0.5, 0.6) is 0 Å². The molecular weight excluding hydrogens is 338 g/mol. The van der Waals surface area contributed by atoms with Crippen molar-refractivity contribution in [1.29, 1.82) is 0 Å². The van der Waals surface area contributed by atoms with Gasteiger partial charge in [-0.05, 0) is 30.7 Å². The first kappa shape index (κ1) is 17.4. The summed E-state index contributed by atoms with van der Waals surface area (Å²) in [4.78, 5) is 36.5. The average molecular weight is 355 g/mol. The summed E-state index contributed by atoms with van der Waals surface area (Å²) in [5.74, 6) is -0.891. The van der Waals surface area contributed by atoms with Crippen molar-refractivity contribution in [2.45, 2.75) is 12.5 Å². The SMILES string of the molecule is COC(=O)c1cc(NC2CCN(c3ccccc3)C2=O)ccc1[N+](=O)[O-]. The third kappa shape index (κ3) is 3.34. The largest absolute Gasteiger partial charge is 0.465 e. The highest BCUT2D eigenvalue weighted by molar-refractivity contribution is 6.01. The van der Waals surface area contributed by atoms with E-state index < -0.39 is 16.9 Å². The highest BCUT2D eigenvalue weighted by Crippen LogP contribution is 2.27. The topological polar surface area (TPSA) is 102 Å². The van der Waals surface area contributed by atoms with Crippen LogP contribution in [0, 0.1) is 10.1 Å². The van der Waals surface area contributed by atoms with Gasteiger partial charge in [-0.15, -0.1) is 0 Å². The lowest BCUT2D eigenvalue weighted by Crippen LogP contribution is -2.33. The molecule has 1 aliphatic heterocycles.